The molecule has 2 heteroatoms. The van der Waals surface area contributed by atoms with E-state index in [1.54, 1.807) is 0 Å². The van der Waals surface area contributed by atoms with Gasteiger partial charge in [0.2, 0.25) is 0 Å². The van der Waals surface area contributed by atoms with Crippen molar-refractivity contribution in [3.63, 3.8) is 0 Å². The van der Waals surface area contributed by atoms with Gasteiger partial charge in [-0.15, -0.1) is 0 Å². The van der Waals surface area contributed by atoms with Crippen LogP contribution in [0.4, 0.5) is 0 Å². The monoisotopic (exact) mass is 252 g/mol. The molecule has 0 radical (unpaired) electrons. The van der Waals surface area contributed by atoms with Crippen LogP contribution >= 0.6 is 0 Å². The Morgan fingerprint density at radius 2 is 1.83 bits per heavy atom. The minimum absolute atomic E-state index is 0.769. The Bertz CT molecular complexity index is 221. The molecule has 1 unspecified atom stereocenters. The lowest BCUT2D eigenvalue weighted by molar-refractivity contribution is 0.222. The van der Waals surface area contributed by atoms with Crippen LogP contribution in [-0.2, 0) is 0 Å². The highest BCUT2D eigenvalue weighted by Crippen LogP contribution is 2.30. The third-order valence-electron chi connectivity index (χ3n) is 5.14. The molecule has 1 saturated heterocycles. The predicted molar refractivity (Wildman–Crippen MR) is 78.9 cm³/mol. The summed E-state index contributed by atoms with van der Waals surface area (Å²) in [5.41, 5.74) is 0. The molecule has 0 spiro atoms. The first kappa shape index (κ1) is 14.3. The van der Waals surface area contributed by atoms with Gasteiger partial charge in [-0.25, -0.2) is 0 Å². The lowest BCUT2D eigenvalue weighted by Gasteiger charge is -2.28. The van der Waals surface area contributed by atoms with Gasteiger partial charge in [-0.3, -0.25) is 0 Å². The lowest BCUT2D eigenvalue weighted by atomic mass is 9.81. The molecule has 1 saturated carbocycles. The predicted octanol–water partition coefficient (Wildman–Crippen LogP) is 3.28. The van der Waals surface area contributed by atoms with Crippen molar-refractivity contribution in [3.05, 3.63) is 0 Å². The normalized spacial score (nSPS) is 35.3. The summed E-state index contributed by atoms with van der Waals surface area (Å²) < 4.78 is 0. The van der Waals surface area contributed by atoms with E-state index in [0.717, 1.165) is 17.9 Å². The third kappa shape index (κ3) is 4.55. The Labute approximate surface area is 114 Å². The van der Waals surface area contributed by atoms with Gasteiger partial charge in [0.1, 0.15) is 0 Å². The van der Waals surface area contributed by atoms with Gasteiger partial charge >= 0.3 is 0 Å². The summed E-state index contributed by atoms with van der Waals surface area (Å²) in [6.07, 6.45) is 10.0. The van der Waals surface area contributed by atoms with Gasteiger partial charge in [0.05, 0.1) is 0 Å². The van der Waals surface area contributed by atoms with Crippen molar-refractivity contribution in [2.75, 3.05) is 26.2 Å². The Hall–Kier alpha value is -0.0800. The molecule has 1 heterocycles. The Morgan fingerprint density at radius 3 is 2.56 bits per heavy atom. The molecule has 2 rings (SSSR count). The van der Waals surface area contributed by atoms with E-state index in [0.29, 0.717) is 0 Å². The van der Waals surface area contributed by atoms with Gasteiger partial charge in [-0.1, -0.05) is 39.5 Å². The molecule has 1 N–H and O–H groups in total. The second-order valence-electron chi connectivity index (χ2n) is 6.60. The molecule has 1 aliphatic heterocycles. The first-order chi connectivity index (χ1) is 8.78. The van der Waals surface area contributed by atoms with Gasteiger partial charge in [0.15, 0.2) is 0 Å². The minimum Gasteiger partial charge on any atom is -0.313 e. The molecule has 18 heavy (non-hydrogen) atoms. The number of rotatable bonds is 4. The van der Waals surface area contributed by atoms with Crippen LogP contribution in [0.2, 0.25) is 0 Å². The fourth-order valence-electron chi connectivity index (χ4n) is 3.53. The average Bonchev–Trinajstić information content (AvgIpc) is 2.63. The second kappa shape index (κ2) is 7.49. The van der Waals surface area contributed by atoms with Crippen molar-refractivity contribution in [2.24, 2.45) is 11.8 Å². The van der Waals surface area contributed by atoms with E-state index in [1.807, 2.05) is 0 Å². The molecule has 0 aromatic carbocycles. The molecule has 0 aromatic rings. The third-order valence-corrected chi connectivity index (χ3v) is 5.14. The summed E-state index contributed by atoms with van der Waals surface area (Å²) in [6, 6.07) is 0.769. The van der Waals surface area contributed by atoms with Crippen LogP contribution in [0, 0.1) is 11.8 Å². The Morgan fingerprint density at radius 1 is 1.06 bits per heavy atom. The van der Waals surface area contributed by atoms with Crippen molar-refractivity contribution in [1.29, 1.82) is 0 Å². The SMILES string of the molecule is CCC1CCN(CCC2CCC(C)CC2)CCN1. The Balaban J connectivity index is 1.64. The highest BCUT2D eigenvalue weighted by Gasteiger charge is 2.20. The summed E-state index contributed by atoms with van der Waals surface area (Å²) in [7, 11) is 0. The molecule has 0 amide bonds. The van der Waals surface area contributed by atoms with E-state index in [9.17, 15) is 0 Å². The maximum atomic E-state index is 3.66. The van der Waals surface area contributed by atoms with Crippen LogP contribution in [0.1, 0.15) is 58.8 Å². The van der Waals surface area contributed by atoms with Crippen LogP contribution in [0.3, 0.4) is 0 Å². The second-order valence-corrected chi connectivity index (χ2v) is 6.60. The maximum Gasteiger partial charge on any atom is 0.0107 e. The van der Waals surface area contributed by atoms with Crippen LogP contribution < -0.4 is 5.32 Å². The summed E-state index contributed by atoms with van der Waals surface area (Å²) >= 11 is 0. The molecule has 0 aromatic heterocycles. The number of hydrogen-bond donors (Lipinski definition) is 1. The molecular weight excluding hydrogens is 220 g/mol. The topological polar surface area (TPSA) is 15.3 Å². The highest BCUT2D eigenvalue weighted by molar-refractivity contribution is 4.76. The van der Waals surface area contributed by atoms with E-state index >= 15 is 0 Å². The molecule has 2 nitrogen and oxygen atoms in total. The van der Waals surface area contributed by atoms with Crippen LogP contribution in [0.5, 0.6) is 0 Å². The van der Waals surface area contributed by atoms with Crippen molar-refractivity contribution in [1.82, 2.24) is 10.2 Å². The van der Waals surface area contributed by atoms with Crippen LogP contribution in [-0.4, -0.2) is 37.1 Å². The van der Waals surface area contributed by atoms with Gasteiger partial charge in [0, 0.05) is 19.1 Å². The van der Waals surface area contributed by atoms with Crippen molar-refractivity contribution in [2.45, 2.75) is 64.8 Å². The zero-order valence-corrected chi connectivity index (χ0v) is 12.5. The number of hydrogen-bond acceptors (Lipinski definition) is 2. The van der Waals surface area contributed by atoms with Gasteiger partial charge in [-0.2, -0.15) is 0 Å². The lowest BCUT2D eigenvalue weighted by Crippen LogP contribution is -2.31. The van der Waals surface area contributed by atoms with Crippen LogP contribution in [0.25, 0.3) is 0 Å². The van der Waals surface area contributed by atoms with Crippen molar-refractivity contribution < 1.29 is 0 Å². The number of nitrogens with one attached hydrogen (secondary N) is 1. The quantitative estimate of drug-likeness (QED) is 0.826. The maximum absolute atomic E-state index is 3.66. The van der Waals surface area contributed by atoms with Gasteiger partial charge < -0.3 is 10.2 Å². The molecule has 2 fully saturated rings. The van der Waals surface area contributed by atoms with E-state index < -0.39 is 0 Å². The number of nitrogens with zero attached hydrogens (tertiary/aromatic N) is 1. The van der Waals surface area contributed by atoms with Gasteiger partial charge in [-0.05, 0) is 44.2 Å². The molecular formula is C16H32N2. The average molecular weight is 252 g/mol. The molecule has 1 aliphatic carbocycles. The highest BCUT2D eigenvalue weighted by atomic mass is 15.2. The van der Waals surface area contributed by atoms with E-state index in [-0.39, 0.29) is 0 Å². The first-order valence-corrected chi connectivity index (χ1v) is 8.23. The summed E-state index contributed by atoms with van der Waals surface area (Å²) in [5, 5.41) is 3.66. The summed E-state index contributed by atoms with van der Waals surface area (Å²) in [6.45, 7) is 9.84. The van der Waals surface area contributed by atoms with E-state index in [1.165, 1.54) is 71.1 Å². The molecule has 1 atom stereocenters. The first-order valence-electron chi connectivity index (χ1n) is 8.23. The Kier molecular flexibility index (Phi) is 5.97. The molecule has 106 valence electrons. The standard InChI is InChI=1S/C16H32N2/c1-3-16-9-12-18(13-10-17-16)11-8-15-6-4-14(2)5-7-15/h14-17H,3-13H2,1-2H3. The molecule has 0 bridgehead atoms. The van der Waals surface area contributed by atoms with Crippen molar-refractivity contribution >= 4 is 0 Å². The van der Waals surface area contributed by atoms with Crippen LogP contribution in [0.15, 0.2) is 0 Å². The largest absolute Gasteiger partial charge is 0.313 e. The fourth-order valence-corrected chi connectivity index (χ4v) is 3.53. The zero-order valence-electron chi connectivity index (χ0n) is 12.5. The van der Waals surface area contributed by atoms with Crippen molar-refractivity contribution in [3.8, 4) is 0 Å². The summed E-state index contributed by atoms with van der Waals surface area (Å²) in [4.78, 5) is 2.70. The minimum atomic E-state index is 0.769. The smallest absolute Gasteiger partial charge is 0.0107 e. The van der Waals surface area contributed by atoms with E-state index in [4.69, 9.17) is 0 Å². The zero-order chi connectivity index (χ0) is 12.8. The van der Waals surface area contributed by atoms with E-state index in [2.05, 4.69) is 24.1 Å². The summed E-state index contributed by atoms with van der Waals surface area (Å²) in [5.74, 6) is 2.02. The molecule has 2 aliphatic rings. The fraction of sp³-hybridized carbons (Fsp3) is 1.00. The van der Waals surface area contributed by atoms with Gasteiger partial charge in [0.25, 0.3) is 0 Å².